The molecule has 0 bridgehead atoms. The number of rotatable bonds is 7. The Bertz CT molecular complexity index is 1070. The first kappa shape index (κ1) is 21.2. The second-order valence-electron chi connectivity index (χ2n) is 7.32. The van der Waals surface area contributed by atoms with Gasteiger partial charge in [0.2, 0.25) is 0 Å². The molecule has 1 aromatic carbocycles. The number of fused-ring (bicyclic) bond motifs is 1. The first-order valence-corrected chi connectivity index (χ1v) is 10.8. The van der Waals surface area contributed by atoms with Gasteiger partial charge >= 0.3 is 5.97 Å². The number of hydrogen-bond donors (Lipinski definition) is 2. The van der Waals surface area contributed by atoms with Crippen molar-refractivity contribution in [1.82, 2.24) is 9.97 Å². The first-order valence-electron chi connectivity index (χ1n) is 9.96. The molecule has 3 aromatic rings. The summed E-state index contributed by atoms with van der Waals surface area (Å²) < 4.78 is 5.10. The maximum absolute atomic E-state index is 12.7. The number of aryl methyl sites for hydroxylation is 2. The Balaban J connectivity index is 1.88. The number of quaternary nitrogens is 1. The molecule has 0 saturated heterocycles. The minimum Gasteiger partial charge on any atom is -0.462 e. The van der Waals surface area contributed by atoms with Crippen molar-refractivity contribution in [1.29, 1.82) is 0 Å². The van der Waals surface area contributed by atoms with E-state index in [0.717, 1.165) is 13.0 Å². The van der Waals surface area contributed by atoms with Crippen LogP contribution in [-0.4, -0.2) is 29.6 Å². The third-order valence-corrected chi connectivity index (χ3v) is 6.51. The molecule has 0 aliphatic heterocycles. The van der Waals surface area contributed by atoms with E-state index in [1.165, 1.54) is 27.4 Å². The summed E-state index contributed by atoms with van der Waals surface area (Å²) in [5, 5.41) is 0.474. The maximum atomic E-state index is 12.7. The van der Waals surface area contributed by atoms with E-state index in [2.05, 4.69) is 48.2 Å². The lowest BCUT2D eigenvalue weighted by Crippen LogP contribution is -3.07. The van der Waals surface area contributed by atoms with Crippen LogP contribution < -0.4 is 10.5 Å². The highest BCUT2D eigenvalue weighted by molar-refractivity contribution is 7.20. The molecule has 0 spiro atoms. The fourth-order valence-electron chi connectivity index (χ4n) is 3.36. The Morgan fingerprint density at radius 3 is 2.52 bits per heavy atom. The smallest absolute Gasteiger partial charge is 0.348 e. The van der Waals surface area contributed by atoms with Gasteiger partial charge in [-0.2, -0.15) is 0 Å². The number of carbonyl (C=O) groups excluding carboxylic acids is 1. The molecule has 7 heteroatoms. The van der Waals surface area contributed by atoms with Gasteiger partial charge in [-0.25, -0.2) is 9.78 Å². The van der Waals surface area contributed by atoms with Crippen LogP contribution in [0.1, 0.15) is 59.0 Å². The van der Waals surface area contributed by atoms with E-state index < -0.39 is 5.97 Å². The number of aromatic amines is 1. The molecule has 0 amide bonds. The Hall–Kier alpha value is -2.51. The molecule has 2 heterocycles. The largest absolute Gasteiger partial charge is 0.462 e. The highest BCUT2D eigenvalue weighted by Crippen LogP contribution is 2.28. The highest BCUT2D eigenvalue weighted by Gasteiger charge is 2.24. The molecule has 2 N–H and O–H groups in total. The van der Waals surface area contributed by atoms with Crippen LogP contribution in [0, 0.1) is 6.92 Å². The minimum absolute atomic E-state index is 0.00796. The summed E-state index contributed by atoms with van der Waals surface area (Å²) in [5.41, 5.74) is 2.99. The summed E-state index contributed by atoms with van der Waals surface area (Å²) in [6.07, 6.45) is 1.03. The number of carbonyl (C=O) groups is 1. The average Bonchev–Trinajstić information content (AvgIpc) is 3.05. The van der Waals surface area contributed by atoms with Crippen molar-refractivity contribution >= 4 is 27.5 Å². The van der Waals surface area contributed by atoms with Gasteiger partial charge < -0.3 is 14.6 Å². The fourth-order valence-corrected chi connectivity index (χ4v) is 4.44. The molecular weight excluding hydrogens is 386 g/mol. The zero-order chi connectivity index (χ0) is 21.1. The van der Waals surface area contributed by atoms with Crippen molar-refractivity contribution in [3.8, 4) is 0 Å². The first-order chi connectivity index (χ1) is 13.8. The highest BCUT2D eigenvalue weighted by atomic mass is 32.1. The number of thiophene rings is 1. The zero-order valence-corrected chi connectivity index (χ0v) is 18.4. The van der Waals surface area contributed by atoms with E-state index in [1.807, 2.05) is 6.92 Å². The van der Waals surface area contributed by atoms with E-state index in [1.54, 1.807) is 13.8 Å². The van der Waals surface area contributed by atoms with Crippen LogP contribution >= 0.6 is 11.3 Å². The molecule has 6 nitrogen and oxygen atoms in total. The molecule has 0 fully saturated rings. The van der Waals surface area contributed by atoms with Gasteiger partial charge in [-0.05, 0) is 38.3 Å². The summed E-state index contributed by atoms with van der Waals surface area (Å²) in [6.45, 7) is 8.84. The third kappa shape index (κ3) is 4.41. The van der Waals surface area contributed by atoms with E-state index >= 15 is 0 Å². The number of aromatic nitrogens is 2. The molecule has 1 unspecified atom stereocenters. The molecular formula is C22H28N3O3S+. The Morgan fingerprint density at radius 1 is 1.24 bits per heavy atom. The number of nitrogens with one attached hydrogen (secondary N) is 2. The maximum Gasteiger partial charge on any atom is 0.348 e. The normalized spacial score (nSPS) is 13.4. The molecule has 0 saturated carbocycles. The summed E-state index contributed by atoms with van der Waals surface area (Å²) in [4.78, 5) is 34.7. The molecule has 0 aliphatic carbocycles. The lowest BCUT2D eigenvalue weighted by molar-refractivity contribution is -0.924. The molecule has 0 aliphatic rings. The van der Waals surface area contributed by atoms with Gasteiger partial charge in [-0.3, -0.25) is 4.79 Å². The minimum atomic E-state index is -0.403. The molecule has 0 radical (unpaired) electrons. The van der Waals surface area contributed by atoms with Gasteiger partial charge in [0.25, 0.3) is 5.56 Å². The number of hydrogen-bond acceptors (Lipinski definition) is 5. The van der Waals surface area contributed by atoms with Gasteiger partial charge in [0.05, 0.1) is 19.0 Å². The number of esters is 1. The van der Waals surface area contributed by atoms with Crippen LogP contribution in [-0.2, 0) is 17.7 Å². The molecule has 2 aromatic heterocycles. The summed E-state index contributed by atoms with van der Waals surface area (Å²) in [7, 11) is 2.09. The van der Waals surface area contributed by atoms with Crippen LogP contribution in [0.2, 0.25) is 0 Å². The van der Waals surface area contributed by atoms with Gasteiger partial charge in [0.15, 0.2) is 5.82 Å². The van der Waals surface area contributed by atoms with Gasteiger partial charge in [0.1, 0.15) is 22.3 Å². The third-order valence-electron chi connectivity index (χ3n) is 5.34. The van der Waals surface area contributed by atoms with Crippen molar-refractivity contribution in [2.24, 2.45) is 0 Å². The van der Waals surface area contributed by atoms with Crippen LogP contribution in [0.3, 0.4) is 0 Å². The second kappa shape index (κ2) is 8.88. The van der Waals surface area contributed by atoms with Crippen LogP contribution in [0.5, 0.6) is 0 Å². The number of ether oxygens (including phenoxy) is 1. The van der Waals surface area contributed by atoms with E-state index in [9.17, 15) is 9.59 Å². The lowest BCUT2D eigenvalue weighted by Gasteiger charge is -2.21. The van der Waals surface area contributed by atoms with Gasteiger partial charge in [-0.15, -0.1) is 11.3 Å². The SMILES string of the molecule is CCOC(=O)c1sc2nc([C@@H](C)[NH+](C)Cc3ccc(CC)cc3)[nH]c(=O)c2c1C. The summed E-state index contributed by atoms with van der Waals surface area (Å²) >= 11 is 1.22. The van der Waals surface area contributed by atoms with E-state index in [4.69, 9.17) is 4.74 Å². The zero-order valence-electron chi connectivity index (χ0n) is 17.6. The van der Waals surface area contributed by atoms with Crippen LogP contribution in [0.25, 0.3) is 10.2 Å². The number of H-pyrrole nitrogens is 1. The van der Waals surface area contributed by atoms with Crippen LogP contribution in [0.15, 0.2) is 29.1 Å². The Morgan fingerprint density at radius 2 is 1.90 bits per heavy atom. The molecule has 2 atom stereocenters. The molecule has 29 heavy (non-hydrogen) atoms. The predicted molar refractivity (Wildman–Crippen MR) is 116 cm³/mol. The van der Waals surface area contributed by atoms with Crippen LogP contribution in [0.4, 0.5) is 0 Å². The second-order valence-corrected chi connectivity index (χ2v) is 8.32. The van der Waals surface area contributed by atoms with Crippen molar-refractivity contribution in [3.05, 3.63) is 62.0 Å². The number of nitrogens with zero attached hydrogens (tertiary/aromatic N) is 1. The molecule has 3 rings (SSSR count). The monoisotopic (exact) mass is 414 g/mol. The van der Waals surface area contributed by atoms with Crippen molar-refractivity contribution < 1.29 is 14.4 Å². The molecule has 154 valence electrons. The van der Waals surface area contributed by atoms with Gasteiger partial charge in [0, 0.05) is 5.56 Å². The quantitative estimate of drug-likeness (QED) is 0.583. The summed E-state index contributed by atoms with van der Waals surface area (Å²) in [6, 6.07) is 8.62. The van der Waals surface area contributed by atoms with Crippen molar-refractivity contribution in [2.45, 2.75) is 46.7 Å². The van der Waals surface area contributed by atoms with E-state index in [-0.39, 0.29) is 11.6 Å². The predicted octanol–water partition coefficient (Wildman–Crippen LogP) is 2.81. The lowest BCUT2D eigenvalue weighted by atomic mass is 10.1. The van der Waals surface area contributed by atoms with E-state index in [0.29, 0.717) is 33.1 Å². The average molecular weight is 415 g/mol. The standard InChI is InChI=1S/C22H27N3O3S/c1-6-15-8-10-16(11-9-15)12-25(5)14(4)19-23-20(26)17-13(3)18(22(27)28-7-2)29-21(17)24-19/h8-11,14H,6-7,12H2,1-5H3,(H,23,24,26)/p+1/t14-/m1/s1. The summed E-state index contributed by atoms with van der Waals surface area (Å²) in [5.74, 6) is 0.224. The fraction of sp³-hybridized carbons (Fsp3) is 0.409. The van der Waals surface area contributed by atoms with Crippen molar-refractivity contribution in [3.63, 3.8) is 0 Å². The Kier molecular flexibility index (Phi) is 6.49. The number of benzene rings is 1. The topological polar surface area (TPSA) is 76.5 Å². The Labute approximate surface area is 174 Å². The van der Waals surface area contributed by atoms with Gasteiger partial charge in [-0.1, -0.05) is 31.2 Å². The van der Waals surface area contributed by atoms with Crippen molar-refractivity contribution in [2.75, 3.05) is 13.7 Å².